The smallest absolute Gasteiger partial charge is 0.170 e. The first-order chi connectivity index (χ1) is 12.6. The van der Waals surface area contributed by atoms with Crippen LogP contribution in [0.15, 0.2) is 47.8 Å². The van der Waals surface area contributed by atoms with E-state index in [4.69, 9.17) is 26.1 Å². The number of hydrogen-bond donors (Lipinski definition) is 1. The van der Waals surface area contributed by atoms with Crippen LogP contribution in [0.2, 0.25) is 5.02 Å². The van der Waals surface area contributed by atoms with Crippen LogP contribution in [0.4, 0.5) is 0 Å². The van der Waals surface area contributed by atoms with Gasteiger partial charge in [-0.05, 0) is 25.1 Å². The Bertz CT molecular complexity index is 882. The standard InChI is InChI=1S/C20H21ClN2O2S/c1-13(15-7-4-5-9-17(15)21)22-11-14-12-26-20(23-14)16-8-6-10-18(24-2)19(16)25-3/h4-10,12-13,22H,11H2,1-3H3/p+1/t13-/m0/s1. The van der Waals surface area contributed by atoms with Crippen molar-refractivity contribution in [3.8, 4) is 22.1 Å². The van der Waals surface area contributed by atoms with Crippen LogP contribution in [0.25, 0.3) is 10.6 Å². The summed E-state index contributed by atoms with van der Waals surface area (Å²) in [7, 11) is 3.29. The van der Waals surface area contributed by atoms with Gasteiger partial charge in [-0.15, -0.1) is 11.3 Å². The summed E-state index contributed by atoms with van der Waals surface area (Å²) in [6.07, 6.45) is 0. The summed E-state index contributed by atoms with van der Waals surface area (Å²) >= 11 is 7.90. The number of benzene rings is 2. The second-order valence-corrected chi connectivity index (χ2v) is 7.20. The van der Waals surface area contributed by atoms with E-state index in [0.29, 0.717) is 11.5 Å². The molecular weight excluding hydrogens is 368 g/mol. The fourth-order valence-electron chi connectivity index (χ4n) is 2.85. The van der Waals surface area contributed by atoms with E-state index in [9.17, 15) is 0 Å². The molecule has 0 aliphatic heterocycles. The van der Waals surface area contributed by atoms with E-state index in [1.807, 2.05) is 36.4 Å². The van der Waals surface area contributed by atoms with E-state index in [1.165, 1.54) is 0 Å². The molecular formula is C20H22ClN2O2S+. The van der Waals surface area contributed by atoms with Gasteiger partial charge in [0.05, 0.1) is 19.8 Å². The van der Waals surface area contributed by atoms with Gasteiger partial charge in [-0.25, -0.2) is 4.98 Å². The minimum atomic E-state index is 0.264. The minimum Gasteiger partial charge on any atom is -0.493 e. The molecule has 0 aliphatic carbocycles. The molecule has 3 rings (SSSR count). The fraction of sp³-hybridized carbons (Fsp3) is 0.250. The lowest BCUT2D eigenvalue weighted by Crippen LogP contribution is -2.83. The SMILES string of the molecule is COc1cccc(-c2nc(C[NH2+][C@@H](C)c3ccccc3Cl)cs2)c1OC. The molecule has 2 aromatic carbocycles. The molecule has 6 heteroatoms. The van der Waals surface area contributed by atoms with Crippen LogP contribution in [0, 0.1) is 0 Å². The molecule has 2 N–H and O–H groups in total. The fourth-order valence-corrected chi connectivity index (χ4v) is 4.01. The number of ether oxygens (including phenoxy) is 2. The lowest BCUT2D eigenvalue weighted by atomic mass is 10.1. The van der Waals surface area contributed by atoms with Gasteiger partial charge in [-0.1, -0.05) is 35.9 Å². The number of aromatic nitrogens is 1. The molecule has 0 saturated heterocycles. The second-order valence-electron chi connectivity index (χ2n) is 5.94. The number of methoxy groups -OCH3 is 2. The molecule has 0 aliphatic rings. The zero-order chi connectivity index (χ0) is 18.5. The van der Waals surface area contributed by atoms with Crippen molar-refractivity contribution in [1.82, 2.24) is 4.98 Å². The van der Waals surface area contributed by atoms with Crippen molar-refractivity contribution in [3.05, 3.63) is 64.1 Å². The third-order valence-corrected chi connectivity index (χ3v) is 5.53. The van der Waals surface area contributed by atoms with Gasteiger partial charge in [0.15, 0.2) is 11.5 Å². The van der Waals surface area contributed by atoms with E-state index in [2.05, 4.69) is 23.7 Å². The monoisotopic (exact) mass is 389 g/mol. The number of nitrogens with two attached hydrogens (primary N) is 1. The molecule has 1 aromatic heterocycles. The van der Waals surface area contributed by atoms with Gasteiger partial charge in [0.1, 0.15) is 23.3 Å². The van der Waals surface area contributed by atoms with Crippen LogP contribution in [0.3, 0.4) is 0 Å². The van der Waals surface area contributed by atoms with Crippen molar-refractivity contribution in [2.24, 2.45) is 0 Å². The molecule has 0 bridgehead atoms. The highest BCUT2D eigenvalue weighted by Crippen LogP contribution is 2.38. The van der Waals surface area contributed by atoms with Gasteiger partial charge in [0.25, 0.3) is 0 Å². The van der Waals surface area contributed by atoms with Crippen molar-refractivity contribution >= 4 is 22.9 Å². The minimum absolute atomic E-state index is 0.264. The molecule has 0 spiro atoms. The van der Waals surface area contributed by atoms with Crippen LogP contribution in [-0.2, 0) is 6.54 Å². The van der Waals surface area contributed by atoms with Crippen LogP contribution in [-0.4, -0.2) is 19.2 Å². The molecule has 136 valence electrons. The molecule has 0 saturated carbocycles. The zero-order valence-electron chi connectivity index (χ0n) is 15.0. The summed E-state index contributed by atoms with van der Waals surface area (Å²) in [4.78, 5) is 4.77. The summed E-state index contributed by atoms with van der Waals surface area (Å²) < 4.78 is 10.9. The summed E-state index contributed by atoms with van der Waals surface area (Å²) in [5.74, 6) is 1.42. The van der Waals surface area contributed by atoms with Gasteiger partial charge in [-0.3, -0.25) is 0 Å². The van der Waals surface area contributed by atoms with Gasteiger partial charge in [0, 0.05) is 16.0 Å². The first-order valence-corrected chi connectivity index (χ1v) is 9.63. The number of rotatable bonds is 7. The summed E-state index contributed by atoms with van der Waals surface area (Å²) in [5.41, 5.74) is 3.12. The maximum absolute atomic E-state index is 6.29. The van der Waals surface area contributed by atoms with Crippen molar-refractivity contribution in [2.45, 2.75) is 19.5 Å². The number of halogens is 1. The predicted molar refractivity (Wildman–Crippen MR) is 106 cm³/mol. The van der Waals surface area contributed by atoms with Crippen molar-refractivity contribution < 1.29 is 14.8 Å². The van der Waals surface area contributed by atoms with Crippen molar-refractivity contribution in [2.75, 3.05) is 14.2 Å². The van der Waals surface area contributed by atoms with Crippen LogP contribution in [0.5, 0.6) is 11.5 Å². The van der Waals surface area contributed by atoms with Crippen molar-refractivity contribution in [3.63, 3.8) is 0 Å². The molecule has 1 heterocycles. The highest BCUT2D eigenvalue weighted by atomic mass is 35.5. The van der Waals surface area contributed by atoms with E-state index >= 15 is 0 Å². The molecule has 3 aromatic rings. The molecule has 0 fully saturated rings. The third-order valence-electron chi connectivity index (χ3n) is 4.26. The van der Waals surface area contributed by atoms with Gasteiger partial charge < -0.3 is 14.8 Å². The Morgan fingerprint density at radius 1 is 1.12 bits per heavy atom. The van der Waals surface area contributed by atoms with Gasteiger partial charge in [0.2, 0.25) is 0 Å². The van der Waals surface area contributed by atoms with Crippen LogP contribution < -0.4 is 14.8 Å². The third kappa shape index (κ3) is 4.01. The lowest BCUT2D eigenvalue weighted by Gasteiger charge is -2.12. The number of quaternary nitrogens is 1. The van der Waals surface area contributed by atoms with E-state index in [-0.39, 0.29) is 6.04 Å². The highest BCUT2D eigenvalue weighted by molar-refractivity contribution is 7.13. The predicted octanol–water partition coefficient (Wildman–Crippen LogP) is 4.31. The summed E-state index contributed by atoms with van der Waals surface area (Å²) in [5, 5.41) is 6.05. The average molecular weight is 390 g/mol. The number of nitrogens with zero attached hydrogens (tertiary/aromatic N) is 1. The second kappa shape index (κ2) is 8.54. The Balaban J connectivity index is 1.74. The number of thiazole rings is 1. The first kappa shape index (κ1) is 18.7. The largest absolute Gasteiger partial charge is 0.493 e. The summed E-state index contributed by atoms with van der Waals surface area (Å²) in [6.45, 7) is 2.94. The number of hydrogen-bond acceptors (Lipinski definition) is 4. The Morgan fingerprint density at radius 3 is 2.65 bits per heavy atom. The van der Waals surface area contributed by atoms with E-state index in [1.54, 1.807) is 25.6 Å². The van der Waals surface area contributed by atoms with Crippen molar-refractivity contribution in [1.29, 1.82) is 0 Å². The molecule has 4 nitrogen and oxygen atoms in total. The van der Waals surface area contributed by atoms with Gasteiger partial charge in [-0.2, -0.15) is 0 Å². The topological polar surface area (TPSA) is 48.0 Å². The molecule has 0 unspecified atom stereocenters. The maximum Gasteiger partial charge on any atom is 0.170 e. The Labute approximate surface area is 162 Å². The summed E-state index contributed by atoms with van der Waals surface area (Å²) in [6, 6.07) is 14.1. The maximum atomic E-state index is 6.29. The van der Waals surface area contributed by atoms with E-state index < -0.39 is 0 Å². The lowest BCUT2D eigenvalue weighted by molar-refractivity contribution is -0.708. The normalized spacial score (nSPS) is 12.0. The highest BCUT2D eigenvalue weighted by Gasteiger charge is 2.16. The number of para-hydroxylation sites is 1. The first-order valence-electron chi connectivity index (χ1n) is 8.37. The Morgan fingerprint density at radius 2 is 1.92 bits per heavy atom. The quantitative estimate of drug-likeness (QED) is 0.655. The Hall–Kier alpha value is -2.08. The molecule has 0 amide bonds. The molecule has 0 radical (unpaired) electrons. The average Bonchev–Trinajstić information content (AvgIpc) is 3.14. The van der Waals surface area contributed by atoms with Crippen LogP contribution in [0.1, 0.15) is 24.2 Å². The molecule has 1 atom stereocenters. The molecule has 26 heavy (non-hydrogen) atoms. The van der Waals surface area contributed by atoms with Crippen LogP contribution >= 0.6 is 22.9 Å². The zero-order valence-corrected chi connectivity index (χ0v) is 16.6. The van der Waals surface area contributed by atoms with E-state index in [0.717, 1.165) is 33.4 Å². The Kier molecular flexibility index (Phi) is 6.14. The van der Waals surface area contributed by atoms with Gasteiger partial charge >= 0.3 is 0 Å².